The Morgan fingerprint density at radius 2 is 2.20 bits per heavy atom. The lowest BCUT2D eigenvalue weighted by Gasteiger charge is -2.08. The Labute approximate surface area is 91.3 Å². The van der Waals surface area contributed by atoms with Crippen molar-refractivity contribution in [2.75, 3.05) is 6.54 Å². The fourth-order valence-corrected chi connectivity index (χ4v) is 1.80. The lowest BCUT2D eigenvalue weighted by Crippen LogP contribution is -2.15. The number of para-hydroxylation sites is 1. The molecule has 2 nitrogen and oxygen atoms in total. The molecule has 1 aliphatic rings. The summed E-state index contributed by atoms with van der Waals surface area (Å²) in [5.41, 5.74) is 1.96. The van der Waals surface area contributed by atoms with E-state index < -0.39 is 0 Å². The normalized spacial score (nSPS) is 15.5. The second-order valence-electron chi connectivity index (χ2n) is 4.49. The summed E-state index contributed by atoms with van der Waals surface area (Å²) < 4.78 is 0. The standard InChI is InChI=1S/C13H19NO/c1-10-3-2-4-12(13(10)15)9-14-8-7-11-5-6-11/h2-4,11,14-15H,5-9H2,1H3. The molecule has 82 valence electrons. The fourth-order valence-electron chi connectivity index (χ4n) is 1.80. The van der Waals surface area contributed by atoms with E-state index in [0.717, 1.165) is 30.1 Å². The first-order chi connectivity index (χ1) is 7.27. The molecular weight excluding hydrogens is 186 g/mol. The van der Waals surface area contributed by atoms with Gasteiger partial charge in [0.05, 0.1) is 0 Å². The summed E-state index contributed by atoms with van der Waals surface area (Å²) in [4.78, 5) is 0. The summed E-state index contributed by atoms with van der Waals surface area (Å²) >= 11 is 0. The average molecular weight is 205 g/mol. The summed E-state index contributed by atoms with van der Waals surface area (Å²) in [6.45, 7) is 3.78. The number of hydrogen-bond donors (Lipinski definition) is 2. The first-order valence-electron chi connectivity index (χ1n) is 5.75. The second kappa shape index (κ2) is 4.67. The van der Waals surface area contributed by atoms with E-state index in [0.29, 0.717) is 5.75 Å². The van der Waals surface area contributed by atoms with Crippen LogP contribution in [-0.2, 0) is 6.54 Å². The van der Waals surface area contributed by atoms with E-state index in [1.165, 1.54) is 19.3 Å². The molecule has 1 saturated carbocycles. The lowest BCUT2D eigenvalue weighted by molar-refractivity contribution is 0.459. The van der Waals surface area contributed by atoms with E-state index in [1.54, 1.807) is 0 Å². The molecule has 0 unspecified atom stereocenters. The smallest absolute Gasteiger partial charge is 0.122 e. The molecule has 0 heterocycles. The van der Waals surface area contributed by atoms with Crippen LogP contribution in [0.4, 0.5) is 0 Å². The summed E-state index contributed by atoms with van der Waals surface area (Å²) in [5, 5.41) is 13.2. The van der Waals surface area contributed by atoms with Gasteiger partial charge in [0.1, 0.15) is 5.75 Å². The quantitative estimate of drug-likeness (QED) is 0.724. The Bertz CT molecular complexity index is 331. The zero-order valence-corrected chi connectivity index (χ0v) is 9.29. The molecule has 2 heteroatoms. The highest BCUT2D eigenvalue weighted by molar-refractivity contribution is 5.39. The maximum absolute atomic E-state index is 9.78. The Kier molecular flexibility index (Phi) is 3.27. The zero-order chi connectivity index (χ0) is 10.7. The van der Waals surface area contributed by atoms with E-state index in [2.05, 4.69) is 5.32 Å². The predicted molar refractivity (Wildman–Crippen MR) is 61.9 cm³/mol. The Morgan fingerprint density at radius 1 is 1.40 bits per heavy atom. The molecule has 0 aromatic heterocycles. The highest BCUT2D eigenvalue weighted by Crippen LogP contribution is 2.31. The summed E-state index contributed by atoms with van der Waals surface area (Å²) in [6, 6.07) is 5.91. The van der Waals surface area contributed by atoms with Gasteiger partial charge in [-0.15, -0.1) is 0 Å². The SMILES string of the molecule is Cc1cccc(CNCCC2CC2)c1O. The fraction of sp³-hybridized carbons (Fsp3) is 0.538. The molecule has 0 atom stereocenters. The van der Waals surface area contributed by atoms with Crippen molar-refractivity contribution in [3.63, 3.8) is 0 Å². The molecule has 1 fully saturated rings. The third-order valence-corrected chi connectivity index (χ3v) is 3.06. The third-order valence-electron chi connectivity index (χ3n) is 3.06. The summed E-state index contributed by atoms with van der Waals surface area (Å²) in [7, 11) is 0. The number of rotatable bonds is 5. The van der Waals surface area contributed by atoms with Crippen molar-refractivity contribution < 1.29 is 5.11 Å². The molecule has 0 amide bonds. The van der Waals surface area contributed by atoms with Crippen molar-refractivity contribution in [3.8, 4) is 5.75 Å². The number of aryl methyl sites for hydroxylation is 1. The predicted octanol–water partition coefficient (Wildman–Crippen LogP) is 2.59. The van der Waals surface area contributed by atoms with Crippen LogP contribution in [0, 0.1) is 12.8 Å². The van der Waals surface area contributed by atoms with Crippen LogP contribution in [0.15, 0.2) is 18.2 Å². The Hall–Kier alpha value is -1.02. The molecule has 0 radical (unpaired) electrons. The third kappa shape index (κ3) is 2.96. The molecule has 0 aliphatic heterocycles. The maximum atomic E-state index is 9.78. The minimum Gasteiger partial charge on any atom is -0.507 e. The minimum atomic E-state index is 0.441. The number of hydrogen-bond acceptors (Lipinski definition) is 2. The van der Waals surface area contributed by atoms with Gasteiger partial charge in [-0.05, 0) is 31.4 Å². The van der Waals surface area contributed by atoms with Crippen LogP contribution < -0.4 is 5.32 Å². The topological polar surface area (TPSA) is 32.3 Å². The zero-order valence-electron chi connectivity index (χ0n) is 9.29. The first kappa shape index (κ1) is 10.5. The van der Waals surface area contributed by atoms with Crippen molar-refractivity contribution in [1.29, 1.82) is 0 Å². The molecule has 1 aromatic carbocycles. The van der Waals surface area contributed by atoms with Crippen molar-refractivity contribution in [3.05, 3.63) is 29.3 Å². The lowest BCUT2D eigenvalue weighted by atomic mass is 10.1. The number of phenols is 1. The van der Waals surface area contributed by atoms with Gasteiger partial charge in [-0.2, -0.15) is 0 Å². The Morgan fingerprint density at radius 3 is 2.93 bits per heavy atom. The molecule has 2 rings (SSSR count). The van der Waals surface area contributed by atoms with Crippen LogP contribution in [0.25, 0.3) is 0 Å². The van der Waals surface area contributed by atoms with Gasteiger partial charge in [0, 0.05) is 12.1 Å². The molecular formula is C13H19NO. The summed E-state index contributed by atoms with van der Waals surface area (Å²) in [5.74, 6) is 1.42. The van der Waals surface area contributed by atoms with Gasteiger partial charge in [-0.25, -0.2) is 0 Å². The number of phenolic OH excluding ortho intramolecular Hbond substituents is 1. The maximum Gasteiger partial charge on any atom is 0.122 e. The molecule has 2 N–H and O–H groups in total. The van der Waals surface area contributed by atoms with Gasteiger partial charge in [-0.3, -0.25) is 0 Å². The van der Waals surface area contributed by atoms with Gasteiger partial charge in [0.25, 0.3) is 0 Å². The van der Waals surface area contributed by atoms with E-state index in [9.17, 15) is 5.11 Å². The van der Waals surface area contributed by atoms with Crippen molar-refractivity contribution in [2.24, 2.45) is 5.92 Å². The number of aromatic hydroxyl groups is 1. The first-order valence-corrected chi connectivity index (χ1v) is 5.75. The van der Waals surface area contributed by atoms with Crippen LogP contribution in [0.2, 0.25) is 0 Å². The van der Waals surface area contributed by atoms with Gasteiger partial charge in [0.15, 0.2) is 0 Å². The van der Waals surface area contributed by atoms with E-state index in [4.69, 9.17) is 0 Å². The average Bonchev–Trinajstić information content (AvgIpc) is 3.02. The highest BCUT2D eigenvalue weighted by atomic mass is 16.3. The van der Waals surface area contributed by atoms with Crippen molar-refractivity contribution >= 4 is 0 Å². The van der Waals surface area contributed by atoms with Crippen molar-refractivity contribution in [2.45, 2.75) is 32.7 Å². The molecule has 0 saturated heterocycles. The van der Waals surface area contributed by atoms with Gasteiger partial charge in [0.2, 0.25) is 0 Å². The van der Waals surface area contributed by atoms with Crippen LogP contribution >= 0.6 is 0 Å². The van der Waals surface area contributed by atoms with Gasteiger partial charge in [-0.1, -0.05) is 31.0 Å². The number of nitrogens with one attached hydrogen (secondary N) is 1. The van der Waals surface area contributed by atoms with Gasteiger partial charge < -0.3 is 10.4 Å². The van der Waals surface area contributed by atoms with Gasteiger partial charge >= 0.3 is 0 Å². The minimum absolute atomic E-state index is 0.441. The van der Waals surface area contributed by atoms with E-state index in [1.807, 2.05) is 25.1 Å². The second-order valence-corrected chi connectivity index (χ2v) is 4.49. The molecule has 15 heavy (non-hydrogen) atoms. The monoisotopic (exact) mass is 205 g/mol. The molecule has 0 spiro atoms. The van der Waals surface area contributed by atoms with Crippen LogP contribution in [0.3, 0.4) is 0 Å². The number of benzene rings is 1. The molecule has 0 bridgehead atoms. The van der Waals surface area contributed by atoms with Crippen molar-refractivity contribution in [1.82, 2.24) is 5.32 Å². The van der Waals surface area contributed by atoms with E-state index >= 15 is 0 Å². The van der Waals surface area contributed by atoms with Crippen LogP contribution in [0.5, 0.6) is 5.75 Å². The highest BCUT2D eigenvalue weighted by Gasteiger charge is 2.19. The van der Waals surface area contributed by atoms with E-state index in [-0.39, 0.29) is 0 Å². The Balaban J connectivity index is 1.78. The largest absolute Gasteiger partial charge is 0.507 e. The summed E-state index contributed by atoms with van der Waals surface area (Å²) in [6.07, 6.45) is 4.11. The molecule has 1 aliphatic carbocycles. The molecule has 1 aromatic rings. The van der Waals surface area contributed by atoms with Crippen LogP contribution in [0.1, 0.15) is 30.4 Å². The van der Waals surface area contributed by atoms with Crippen LogP contribution in [-0.4, -0.2) is 11.7 Å².